The predicted molar refractivity (Wildman–Crippen MR) is 49.8 cm³/mol. The lowest BCUT2D eigenvalue weighted by atomic mass is 9.84. The van der Waals surface area contributed by atoms with Crippen LogP contribution in [0.1, 0.15) is 20.3 Å². The fraction of sp³-hybridized carbons (Fsp3) is 0.400. The summed E-state index contributed by atoms with van der Waals surface area (Å²) in [6.07, 6.45) is 1.97. The number of carbonyl (C=O) groups is 2. The Labute approximate surface area is 81.6 Å². The van der Waals surface area contributed by atoms with Gasteiger partial charge in [0, 0.05) is 5.92 Å². The summed E-state index contributed by atoms with van der Waals surface area (Å²) >= 11 is 0. The predicted octanol–water partition coefficient (Wildman–Crippen LogP) is 1.44. The number of carboxylic acids is 2. The van der Waals surface area contributed by atoms with E-state index in [4.69, 9.17) is 10.2 Å². The maximum absolute atomic E-state index is 10.9. The van der Waals surface area contributed by atoms with Gasteiger partial charge in [-0.05, 0) is 13.3 Å². The third-order valence-corrected chi connectivity index (χ3v) is 2.56. The highest BCUT2D eigenvalue weighted by molar-refractivity contribution is 6.00. The summed E-state index contributed by atoms with van der Waals surface area (Å²) in [5.41, 5.74) is 0.917. The van der Waals surface area contributed by atoms with Gasteiger partial charge in [-0.3, -0.25) is 0 Å². The first-order valence-electron chi connectivity index (χ1n) is 4.31. The van der Waals surface area contributed by atoms with Gasteiger partial charge in [-0.2, -0.15) is 0 Å². The van der Waals surface area contributed by atoms with Crippen molar-refractivity contribution in [3.63, 3.8) is 0 Å². The van der Waals surface area contributed by atoms with Gasteiger partial charge in [0.05, 0.1) is 11.1 Å². The molecular weight excluding hydrogens is 184 g/mol. The summed E-state index contributed by atoms with van der Waals surface area (Å²) in [5, 5.41) is 17.7. The molecule has 76 valence electrons. The average Bonchev–Trinajstić information content (AvgIpc) is 2.08. The molecule has 0 saturated heterocycles. The summed E-state index contributed by atoms with van der Waals surface area (Å²) in [7, 11) is 0. The fourth-order valence-electron chi connectivity index (χ4n) is 1.56. The highest BCUT2D eigenvalue weighted by Gasteiger charge is 2.28. The van der Waals surface area contributed by atoms with Gasteiger partial charge in [0.25, 0.3) is 0 Å². The Balaban J connectivity index is 3.20. The molecule has 0 saturated carbocycles. The van der Waals surface area contributed by atoms with Crippen LogP contribution in [-0.2, 0) is 9.59 Å². The fourth-order valence-corrected chi connectivity index (χ4v) is 1.56. The summed E-state index contributed by atoms with van der Waals surface area (Å²) in [5.74, 6) is -2.59. The first kappa shape index (κ1) is 10.5. The average molecular weight is 196 g/mol. The van der Waals surface area contributed by atoms with Crippen LogP contribution in [0.3, 0.4) is 0 Å². The van der Waals surface area contributed by atoms with Crippen molar-refractivity contribution < 1.29 is 19.8 Å². The topological polar surface area (TPSA) is 74.6 Å². The maximum atomic E-state index is 10.9. The van der Waals surface area contributed by atoms with Crippen LogP contribution in [0.15, 0.2) is 22.8 Å². The molecule has 1 aliphatic carbocycles. The Kier molecular flexibility index (Phi) is 2.74. The van der Waals surface area contributed by atoms with Crippen LogP contribution in [-0.4, -0.2) is 22.2 Å². The van der Waals surface area contributed by atoms with Crippen LogP contribution in [0.5, 0.6) is 0 Å². The molecule has 0 fully saturated rings. The van der Waals surface area contributed by atoms with Crippen molar-refractivity contribution in [3.05, 3.63) is 22.8 Å². The monoisotopic (exact) mass is 196 g/mol. The molecule has 1 unspecified atom stereocenters. The lowest BCUT2D eigenvalue weighted by Gasteiger charge is -2.20. The summed E-state index contributed by atoms with van der Waals surface area (Å²) in [4.78, 5) is 21.6. The second kappa shape index (κ2) is 3.65. The van der Waals surface area contributed by atoms with Gasteiger partial charge in [-0.15, -0.1) is 0 Å². The lowest BCUT2D eigenvalue weighted by Crippen LogP contribution is -2.20. The van der Waals surface area contributed by atoms with E-state index in [1.54, 1.807) is 13.0 Å². The zero-order valence-electron chi connectivity index (χ0n) is 8.07. The van der Waals surface area contributed by atoms with E-state index in [1.165, 1.54) is 0 Å². The van der Waals surface area contributed by atoms with Crippen molar-refractivity contribution in [1.82, 2.24) is 0 Å². The Bertz CT molecular complexity index is 349. The van der Waals surface area contributed by atoms with Crippen molar-refractivity contribution in [1.29, 1.82) is 0 Å². The second-order valence-electron chi connectivity index (χ2n) is 3.38. The summed E-state index contributed by atoms with van der Waals surface area (Å²) in [6.45, 7) is 3.52. The normalized spacial score (nSPS) is 21.9. The molecule has 1 aliphatic rings. The molecule has 0 aromatic carbocycles. The van der Waals surface area contributed by atoms with Gasteiger partial charge in [0.15, 0.2) is 0 Å². The zero-order chi connectivity index (χ0) is 10.9. The molecule has 4 nitrogen and oxygen atoms in total. The highest BCUT2D eigenvalue weighted by Crippen LogP contribution is 2.30. The van der Waals surface area contributed by atoms with Gasteiger partial charge in [-0.25, -0.2) is 9.59 Å². The van der Waals surface area contributed by atoms with E-state index in [1.807, 2.05) is 6.92 Å². The maximum Gasteiger partial charge on any atom is 0.332 e. The number of carboxylic acid groups (broad SMARTS) is 2. The third kappa shape index (κ3) is 1.69. The molecule has 0 aromatic heterocycles. The Morgan fingerprint density at radius 1 is 1.36 bits per heavy atom. The second-order valence-corrected chi connectivity index (χ2v) is 3.38. The van der Waals surface area contributed by atoms with Gasteiger partial charge >= 0.3 is 11.9 Å². The minimum atomic E-state index is -1.14. The molecule has 0 bridgehead atoms. The lowest BCUT2D eigenvalue weighted by molar-refractivity contribution is -0.136. The van der Waals surface area contributed by atoms with Crippen molar-refractivity contribution in [2.45, 2.75) is 20.3 Å². The number of aliphatic carboxylic acids is 2. The highest BCUT2D eigenvalue weighted by atomic mass is 16.4. The van der Waals surface area contributed by atoms with Crippen LogP contribution in [0.25, 0.3) is 0 Å². The van der Waals surface area contributed by atoms with E-state index in [2.05, 4.69) is 0 Å². The first-order chi connectivity index (χ1) is 6.45. The molecule has 0 aliphatic heterocycles. The van der Waals surface area contributed by atoms with Crippen LogP contribution in [0.2, 0.25) is 0 Å². The van der Waals surface area contributed by atoms with Crippen LogP contribution in [0, 0.1) is 5.92 Å². The SMILES string of the molecule is CC1=CCC(C(=O)O)=C(C(=O)O)C1C. The molecule has 0 radical (unpaired) electrons. The molecule has 1 atom stereocenters. The van der Waals surface area contributed by atoms with Crippen LogP contribution in [0.4, 0.5) is 0 Å². The standard InChI is InChI=1S/C10H12O4/c1-5-3-4-7(9(11)12)8(6(5)2)10(13)14/h3,6H,4H2,1-2H3,(H,11,12)(H,13,14). The molecule has 1 rings (SSSR count). The van der Waals surface area contributed by atoms with E-state index >= 15 is 0 Å². The smallest absolute Gasteiger partial charge is 0.332 e. The quantitative estimate of drug-likeness (QED) is 0.655. The van der Waals surface area contributed by atoms with E-state index in [9.17, 15) is 9.59 Å². The van der Waals surface area contributed by atoms with E-state index in [-0.39, 0.29) is 23.5 Å². The summed E-state index contributed by atoms with van der Waals surface area (Å²) in [6, 6.07) is 0. The molecular formula is C10H12O4. The van der Waals surface area contributed by atoms with Crippen molar-refractivity contribution in [3.8, 4) is 0 Å². The van der Waals surface area contributed by atoms with Crippen LogP contribution >= 0.6 is 0 Å². The van der Waals surface area contributed by atoms with Crippen molar-refractivity contribution in [2.75, 3.05) is 0 Å². The molecule has 14 heavy (non-hydrogen) atoms. The number of rotatable bonds is 2. The minimum absolute atomic E-state index is 0.00407. The Morgan fingerprint density at radius 3 is 2.36 bits per heavy atom. The number of hydrogen-bond acceptors (Lipinski definition) is 2. The van der Waals surface area contributed by atoms with E-state index in [0.29, 0.717) is 0 Å². The van der Waals surface area contributed by atoms with Gasteiger partial charge < -0.3 is 10.2 Å². The molecule has 4 heteroatoms. The molecule has 0 heterocycles. The zero-order valence-corrected chi connectivity index (χ0v) is 8.07. The molecule has 0 amide bonds. The third-order valence-electron chi connectivity index (χ3n) is 2.56. The van der Waals surface area contributed by atoms with Crippen molar-refractivity contribution >= 4 is 11.9 Å². The number of hydrogen-bond donors (Lipinski definition) is 2. The molecule has 2 N–H and O–H groups in total. The van der Waals surface area contributed by atoms with E-state index < -0.39 is 11.9 Å². The Morgan fingerprint density at radius 2 is 1.93 bits per heavy atom. The molecule has 0 aromatic rings. The summed E-state index contributed by atoms with van der Waals surface area (Å²) < 4.78 is 0. The van der Waals surface area contributed by atoms with Gasteiger partial charge in [0.2, 0.25) is 0 Å². The van der Waals surface area contributed by atoms with Gasteiger partial charge in [0.1, 0.15) is 0 Å². The minimum Gasteiger partial charge on any atom is -0.478 e. The number of allylic oxidation sites excluding steroid dienone is 2. The molecule has 0 spiro atoms. The van der Waals surface area contributed by atoms with Crippen LogP contribution < -0.4 is 0 Å². The first-order valence-corrected chi connectivity index (χ1v) is 4.31. The largest absolute Gasteiger partial charge is 0.478 e. The van der Waals surface area contributed by atoms with Gasteiger partial charge in [-0.1, -0.05) is 18.6 Å². The van der Waals surface area contributed by atoms with E-state index in [0.717, 1.165) is 5.57 Å². The van der Waals surface area contributed by atoms with Crippen molar-refractivity contribution in [2.24, 2.45) is 5.92 Å². The Hall–Kier alpha value is -1.58.